The van der Waals surface area contributed by atoms with Crippen LogP contribution in [0.4, 0.5) is 5.69 Å². The fraction of sp³-hybridized carbons (Fsp3) is 0.160. The highest BCUT2D eigenvalue weighted by molar-refractivity contribution is 8.01. The third-order valence-corrected chi connectivity index (χ3v) is 8.18. The van der Waals surface area contributed by atoms with Gasteiger partial charge < -0.3 is 10.1 Å². The van der Waals surface area contributed by atoms with Crippen LogP contribution in [0.3, 0.4) is 0 Å². The van der Waals surface area contributed by atoms with Gasteiger partial charge in [-0.1, -0.05) is 17.8 Å². The molecule has 2 heterocycles. The monoisotopic (exact) mass is 491 g/mol. The minimum atomic E-state index is -0.0579. The highest BCUT2D eigenvalue weighted by Gasteiger charge is 2.10. The largest absolute Gasteiger partial charge is 0.494 e. The van der Waals surface area contributed by atoms with Crippen LogP contribution in [0.25, 0.3) is 31.0 Å². The molecule has 1 N–H and O–H groups in total. The second-order valence-electron chi connectivity index (χ2n) is 7.45. The van der Waals surface area contributed by atoms with E-state index in [1.165, 1.54) is 22.0 Å². The van der Waals surface area contributed by atoms with Crippen LogP contribution in [0.1, 0.15) is 12.5 Å². The van der Waals surface area contributed by atoms with Crippen molar-refractivity contribution in [3.8, 4) is 16.3 Å². The lowest BCUT2D eigenvalue weighted by atomic mass is 10.2. The topological polar surface area (TPSA) is 64.1 Å². The Morgan fingerprint density at radius 1 is 0.970 bits per heavy atom. The molecule has 0 spiro atoms. The molecule has 0 aliphatic heterocycles. The number of nitrogens with zero attached hydrogens (tertiary/aromatic N) is 2. The number of anilines is 1. The second kappa shape index (κ2) is 9.51. The Labute approximate surface area is 203 Å². The maximum absolute atomic E-state index is 12.5. The number of nitrogens with one attached hydrogen (secondary N) is 1. The number of amides is 1. The standard InChI is InChI=1S/C25H21N3O2S3/c1-3-30-18-9-10-19-22(13-18)33-25(28-19)31-14-23(29)26-17-7-5-16(6-8-17)24-27-20-12-15(2)4-11-21(20)32-24/h4-13H,3,14H2,1-2H3,(H,26,29). The van der Waals surface area contributed by atoms with Crippen LogP contribution >= 0.6 is 34.4 Å². The van der Waals surface area contributed by atoms with Crippen LogP contribution in [0.5, 0.6) is 5.75 Å². The van der Waals surface area contributed by atoms with E-state index >= 15 is 0 Å². The number of carbonyl (C=O) groups excluding carboxylic acids is 1. The minimum absolute atomic E-state index is 0.0579. The van der Waals surface area contributed by atoms with Crippen LogP contribution in [-0.4, -0.2) is 28.2 Å². The molecule has 5 aromatic rings. The van der Waals surface area contributed by atoms with E-state index in [4.69, 9.17) is 9.72 Å². The third-order valence-electron chi connectivity index (χ3n) is 4.94. The third kappa shape index (κ3) is 5.03. The van der Waals surface area contributed by atoms with Crippen molar-refractivity contribution in [3.63, 3.8) is 0 Å². The number of aryl methyl sites for hydroxylation is 1. The average molecular weight is 492 g/mol. The van der Waals surface area contributed by atoms with Crippen LogP contribution < -0.4 is 10.1 Å². The number of fused-ring (bicyclic) bond motifs is 2. The summed E-state index contributed by atoms with van der Waals surface area (Å²) >= 11 is 4.69. The van der Waals surface area contributed by atoms with E-state index in [1.807, 2.05) is 49.4 Å². The van der Waals surface area contributed by atoms with Crippen molar-refractivity contribution in [1.82, 2.24) is 9.97 Å². The van der Waals surface area contributed by atoms with Crippen molar-refractivity contribution in [3.05, 3.63) is 66.2 Å². The van der Waals surface area contributed by atoms with Crippen LogP contribution in [0, 0.1) is 6.92 Å². The molecular formula is C25H21N3O2S3. The molecule has 0 fully saturated rings. The summed E-state index contributed by atoms with van der Waals surface area (Å²) in [5.41, 5.74) is 4.96. The maximum atomic E-state index is 12.5. The molecule has 33 heavy (non-hydrogen) atoms. The molecule has 0 saturated carbocycles. The van der Waals surface area contributed by atoms with Gasteiger partial charge in [0.2, 0.25) is 5.91 Å². The fourth-order valence-corrected chi connectivity index (χ4v) is 6.23. The summed E-state index contributed by atoms with van der Waals surface area (Å²) in [5.74, 6) is 1.08. The van der Waals surface area contributed by atoms with E-state index < -0.39 is 0 Å². The number of hydrogen-bond acceptors (Lipinski definition) is 7. The fourth-order valence-electron chi connectivity index (χ4n) is 3.38. The lowest BCUT2D eigenvalue weighted by molar-refractivity contribution is -0.113. The van der Waals surface area contributed by atoms with Crippen molar-refractivity contribution in [2.75, 3.05) is 17.7 Å². The zero-order chi connectivity index (χ0) is 22.8. The van der Waals surface area contributed by atoms with Gasteiger partial charge in [0.15, 0.2) is 4.34 Å². The molecule has 0 aliphatic carbocycles. The number of aromatic nitrogens is 2. The Kier molecular flexibility index (Phi) is 6.30. The first-order valence-corrected chi connectivity index (χ1v) is 13.1. The van der Waals surface area contributed by atoms with Gasteiger partial charge in [-0.05, 0) is 74.0 Å². The van der Waals surface area contributed by atoms with Gasteiger partial charge in [0, 0.05) is 11.3 Å². The van der Waals surface area contributed by atoms with Gasteiger partial charge in [-0.25, -0.2) is 9.97 Å². The van der Waals surface area contributed by atoms with Gasteiger partial charge in [0.05, 0.1) is 32.8 Å². The van der Waals surface area contributed by atoms with Gasteiger partial charge in [0.1, 0.15) is 10.8 Å². The summed E-state index contributed by atoms with van der Waals surface area (Å²) in [4.78, 5) is 21.8. The second-order valence-corrected chi connectivity index (χ2v) is 10.7. The van der Waals surface area contributed by atoms with Crippen LogP contribution in [-0.2, 0) is 4.79 Å². The van der Waals surface area contributed by atoms with Gasteiger partial charge >= 0.3 is 0 Å². The van der Waals surface area contributed by atoms with Crippen molar-refractivity contribution >= 4 is 66.5 Å². The SMILES string of the molecule is CCOc1ccc2nc(SCC(=O)Nc3ccc(-c4nc5cc(C)ccc5s4)cc3)sc2c1. The predicted octanol–water partition coefficient (Wildman–Crippen LogP) is 7.01. The summed E-state index contributed by atoms with van der Waals surface area (Å²) in [6, 6.07) is 20.0. The minimum Gasteiger partial charge on any atom is -0.494 e. The Hall–Kier alpha value is -2.94. The zero-order valence-corrected chi connectivity index (χ0v) is 20.6. The Balaban J connectivity index is 1.20. The summed E-state index contributed by atoms with van der Waals surface area (Å²) in [6.07, 6.45) is 0. The Morgan fingerprint density at radius 3 is 2.64 bits per heavy atom. The molecule has 0 radical (unpaired) electrons. The Bertz CT molecular complexity index is 1440. The molecule has 0 aliphatic rings. The van der Waals surface area contributed by atoms with Crippen molar-refractivity contribution in [2.24, 2.45) is 0 Å². The number of rotatable bonds is 7. The molecule has 2 aromatic heterocycles. The highest BCUT2D eigenvalue weighted by Crippen LogP contribution is 2.33. The maximum Gasteiger partial charge on any atom is 0.234 e. The summed E-state index contributed by atoms with van der Waals surface area (Å²) in [6.45, 7) is 4.67. The van der Waals surface area contributed by atoms with E-state index in [1.54, 1.807) is 22.7 Å². The lowest BCUT2D eigenvalue weighted by Gasteiger charge is -2.05. The molecule has 1 amide bonds. The van der Waals surface area contributed by atoms with E-state index in [-0.39, 0.29) is 5.91 Å². The number of benzene rings is 3. The summed E-state index contributed by atoms with van der Waals surface area (Å²) < 4.78 is 8.65. The van der Waals surface area contributed by atoms with Gasteiger partial charge in [-0.3, -0.25) is 4.79 Å². The van der Waals surface area contributed by atoms with Gasteiger partial charge in [-0.2, -0.15) is 0 Å². The van der Waals surface area contributed by atoms with Crippen molar-refractivity contribution in [2.45, 2.75) is 18.2 Å². The average Bonchev–Trinajstić information content (AvgIpc) is 3.41. The summed E-state index contributed by atoms with van der Waals surface area (Å²) in [5, 5.41) is 3.94. The molecule has 5 rings (SSSR count). The van der Waals surface area contributed by atoms with Crippen molar-refractivity contribution in [1.29, 1.82) is 0 Å². The zero-order valence-electron chi connectivity index (χ0n) is 18.1. The first-order chi connectivity index (χ1) is 16.1. The molecule has 0 atom stereocenters. The molecule has 8 heteroatoms. The van der Waals surface area contributed by atoms with E-state index in [2.05, 4.69) is 35.4 Å². The predicted molar refractivity (Wildman–Crippen MR) is 140 cm³/mol. The highest BCUT2D eigenvalue weighted by atomic mass is 32.2. The first-order valence-electron chi connectivity index (χ1n) is 10.5. The molecule has 5 nitrogen and oxygen atoms in total. The summed E-state index contributed by atoms with van der Waals surface area (Å²) in [7, 11) is 0. The molecule has 166 valence electrons. The van der Waals surface area contributed by atoms with Gasteiger partial charge in [0.25, 0.3) is 0 Å². The number of ether oxygens (including phenoxy) is 1. The van der Waals surface area contributed by atoms with Crippen LogP contribution in [0.2, 0.25) is 0 Å². The molecule has 0 bridgehead atoms. The van der Waals surface area contributed by atoms with Gasteiger partial charge in [-0.15, -0.1) is 22.7 Å². The van der Waals surface area contributed by atoms with E-state index in [0.29, 0.717) is 12.4 Å². The van der Waals surface area contributed by atoms with E-state index in [0.717, 1.165) is 42.1 Å². The molecular weight excluding hydrogens is 470 g/mol. The lowest BCUT2D eigenvalue weighted by Crippen LogP contribution is -2.13. The smallest absolute Gasteiger partial charge is 0.234 e. The number of thiazole rings is 2. The molecule has 0 saturated heterocycles. The Morgan fingerprint density at radius 2 is 1.82 bits per heavy atom. The quantitative estimate of drug-likeness (QED) is 0.248. The first kappa shape index (κ1) is 21.9. The van der Waals surface area contributed by atoms with Crippen molar-refractivity contribution < 1.29 is 9.53 Å². The number of carbonyl (C=O) groups is 1. The molecule has 0 unspecified atom stereocenters. The molecule has 3 aromatic carbocycles. The van der Waals surface area contributed by atoms with Crippen LogP contribution in [0.15, 0.2) is 65.0 Å². The normalized spacial score (nSPS) is 11.2. The number of hydrogen-bond donors (Lipinski definition) is 1. The number of thioether (sulfide) groups is 1. The van der Waals surface area contributed by atoms with E-state index in [9.17, 15) is 4.79 Å².